The minimum Gasteiger partial charge on any atom is -0.467 e. The van der Waals surface area contributed by atoms with Gasteiger partial charge in [-0.25, -0.2) is 9.59 Å². The van der Waals surface area contributed by atoms with Crippen LogP contribution in [0.3, 0.4) is 0 Å². The summed E-state index contributed by atoms with van der Waals surface area (Å²) in [7, 11) is 1.18. The highest BCUT2D eigenvalue weighted by molar-refractivity contribution is 5.82. The number of ether oxygens (including phenoxy) is 2. The van der Waals surface area contributed by atoms with E-state index in [2.05, 4.69) is 15.3 Å². The first-order chi connectivity index (χ1) is 10.8. The lowest BCUT2D eigenvalue weighted by atomic mass is 10.0. The normalized spacial score (nSPS) is 13.2. The molecule has 0 aliphatic heterocycles. The summed E-state index contributed by atoms with van der Waals surface area (Å²) in [6, 6.07) is 6.46. The van der Waals surface area contributed by atoms with Crippen LogP contribution in [-0.2, 0) is 14.3 Å². The van der Waals surface area contributed by atoms with Gasteiger partial charge in [0.15, 0.2) is 0 Å². The molecule has 8 heteroatoms. The summed E-state index contributed by atoms with van der Waals surface area (Å²) in [5.41, 5.74) is 8.62. The zero-order valence-corrected chi connectivity index (χ0v) is 13.5. The van der Waals surface area contributed by atoms with E-state index < -0.39 is 29.7 Å². The maximum Gasteiger partial charge on any atom is 0.408 e. The Labute approximate surface area is 134 Å². The number of carbonyl (C=O) groups is 2. The molecule has 0 aliphatic carbocycles. The van der Waals surface area contributed by atoms with Gasteiger partial charge >= 0.3 is 12.1 Å². The summed E-state index contributed by atoms with van der Waals surface area (Å²) >= 11 is 0. The van der Waals surface area contributed by atoms with Gasteiger partial charge in [-0.1, -0.05) is 35.4 Å². The molecule has 1 amide bonds. The molecule has 23 heavy (non-hydrogen) atoms. The fraction of sp³-hybridized carbons (Fsp3) is 0.467. The zero-order valence-electron chi connectivity index (χ0n) is 13.5. The van der Waals surface area contributed by atoms with Gasteiger partial charge in [0.1, 0.15) is 11.6 Å². The number of nitrogens with one attached hydrogen (secondary N) is 1. The molecule has 0 unspecified atom stereocenters. The lowest BCUT2D eigenvalue weighted by Crippen LogP contribution is -2.47. The lowest BCUT2D eigenvalue weighted by Gasteiger charge is -2.25. The molecular weight excluding hydrogens is 300 g/mol. The Balaban J connectivity index is 3.09. The molecule has 0 radical (unpaired) electrons. The van der Waals surface area contributed by atoms with Crippen LogP contribution in [0.5, 0.6) is 0 Å². The Bertz CT molecular complexity index is 591. The third-order valence-electron chi connectivity index (χ3n) is 2.76. The SMILES string of the molecule is COC(=O)[C@H](NC(=O)OC(C)(C)C)[C@H](N=[N+]=[N-])c1ccccc1. The topological polar surface area (TPSA) is 113 Å². The number of carbonyl (C=O) groups excluding carboxylic acids is 2. The second-order valence-corrected chi connectivity index (χ2v) is 5.71. The fourth-order valence-electron chi connectivity index (χ4n) is 1.86. The molecule has 1 N–H and O–H groups in total. The van der Waals surface area contributed by atoms with Gasteiger partial charge in [-0.2, -0.15) is 0 Å². The van der Waals surface area contributed by atoms with E-state index in [0.717, 1.165) is 0 Å². The second-order valence-electron chi connectivity index (χ2n) is 5.71. The van der Waals surface area contributed by atoms with Crippen LogP contribution in [0.4, 0.5) is 4.79 Å². The number of esters is 1. The molecule has 1 rings (SSSR count). The maximum absolute atomic E-state index is 12.0. The number of azide groups is 1. The third kappa shape index (κ3) is 5.88. The Morgan fingerprint density at radius 2 is 1.87 bits per heavy atom. The van der Waals surface area contributed by atoms with Crippen LogP contribution in [-0.4, -0.2) is 30.8 Å². The van der Waals surface area contributed by atoms with Crippen LogP contribution < -0.4 is 5.32 Å². The Morgan fingerprint density at radius 1 is 1.26 bits per heavy atom. The van der Waals surface area contributed by atoms with Crippen molar-refractivity contribution in [2.45, 2.75) is 38.5 Å². The van der Waals surface area contributed by atoms with Crippen LogP contribution >= 0.6 is 0 Å². The molecule has 2 atom stereocenters. The zero-order chi connectivity index (χ0) is 17.5. The lowest BCUT2D eigenvalue weighted by molar-refractivity contribution is -0.143. The molecule has 8 nitrogen and oxygen atoms in total. The highest BCUT2D eigenvalue weighted by atomic mass is 16.6. The first kappa shape index (κ1) is 18.3. The number of rotatable bonds is 5. The molecule has 0 heterocycles. The molecule has 0 aromatic heterocycles. The van der Waals surface area contributed by atoms with Crippen molar-refractivity contribution in [3.05, 3.63) is 46.3 Å². The molecule has 0 spiro atoms. The maximum atomic E-state index is 12.0. The van der Waals surface area contributed by atoms with E-state index in [0.29, 0.717) is 5.56 Å². The smallest absolute Gasteiger partial charge is 0.408 e. The quantitative estimate of drug-likeness (QED) is 0.388. The molecule has 1 aromatic rings. The third-order valence-corrected chi connectivity index (χ3v) is 2.76. The summed E-state index contributed by atoms with van der Waals surface area (Å²) in [5.74, 6) is -0.739. The van der Waals surface area contributed by atoms with E-state index in [-0.39, 0.29) is 0 Å². The summed E-state index contributed by atoms with van der Waals surface area (Å²) in [6.45, 7) is 5.09. The van der Waals surface area contributed by atoms with Crippen LogP contribution in [0.2, 0.25) is 0 Å². The van der Waals surface area contributed by atoms with Crippen molar-refractivity contribution in [3.8, 4) is 0 Å². The molecule has 0 aliphatic rings. The molecule has 0 saturated carbocycles. The van der Waals surface area contributed by atoms with E-state index in [9.17, 15) is 9.59 Å². The predicted octanol–water partition coefficient (Wildman–Crippen LogP) is 3.10. The minimum absolute atomic E-state index is 0.566. The minimum atomic E-state index is -1.20. The average Bonchev–Trinajstić information content (AvgIpc) is 2.49. The van der Waals surface area contributed by atoms with Gasteiger partial charge in [-0.05, 0) is 31.9 Å². The first-order valence-electron chi connectivity index (χ1n) is 6.95. The Hall–Kier alpha value is -2.73. The van der Waals surface area contributed by atoms with Crippen molar-refractivity contribution >= 4 is 12.1 Å². The number of benzene rings is 1. The van der Waals surface area contributed by atoms with Gasteiger partial charge < -0.3 is 14.8 Å². The van der Waals surface area contributed by atoms with Crippen molar-refractivity contribution in [2.24, 2.45) is 5.11 Å². The highest BCUT2D eigenvalue weighted by Crippen LogP contribution is 2.23. The van der Waals surface area contributed by atoms with Gasteiger partial charge in [-0.15, -0.1) is 0 Å². The number of hydrogen-bond acceptors (Lipinski definition) is 5. The average molecular weight is 320 g/mol. The van der Waals surface area contributed by atoms with Crippen LogP contribution in [0.1, 0.15) is 32.4 Å². The Morgan fingerprint density at radius 3 is 2.35 bits per heavy atom. The van der Waals surface area contributed by atoms with Crippen molar-refractivity contribution in [3.63, 3.8) is 0 Å². The molecule has 124 valence electrons. The van der Waals surface area contributed by atoms with Gasteiger partial charge in [-0.3, -0.25) is 0 Å². The van der Waals surface area contributed by atoms with E-state index in [1.54, 1.807) is 51.1 Å². The fourth-order valence-corrected chi connectivity index (χ4v) is 1.86. The molecule has 0 saturated heterocycles. The van der Waals surface area contributed by atoms with E-state index >= 15 is 0 Å². The van der Waals surface area contributed by atoms with E-state index in [4.69, 9.17) is 15.0 Å². The highest BCUT2D eigenvalue weighted by Gasteiger charge is 2.33. The van der Waals surface area contributed by atoms with Gasteiger partial charge in [0.05, 0.1) is 13.2 Å². The number of amides is 1. The summed E-state index contributed by atoms with van der Waals surface area (Å²) < 4.78 is 9.83. The standard InChI is InChI=1S/C15H20N4O4/c1-15(2,3)23-14(21)17-12(13(20)22-4)11(18-19-16)10-8-6-5-7-9-10/h5-9,11-12H,1-4H3,(H,17,21)/t11-,12-/m1/s1. The van der Waals surface area contributed by atoms with Crippen LogP contribution in [0.25, 0.3) is 10.4 Å². The van der Waals surface area contributed by atoms with Gasteiger partial charge in [0.2, 0.25) is 0 Å². The Kier molecular flexibility index (Phi) is 6.41. The number of methoxy groups -OCH3 is 1. The van der Waals surface area contributed by atoms with Crippen molar-refractivity contribution in [2.75, 3.05) is 7.11 Å². The number of nitrogens with zero attached hydrogens (tertiary/aromatic N) is 3. The van der Waals surface area contributed by atoms with Crippen molar-refractivity contribution in [1.82, 2.24) is 5.32 Å². The number of hydrogen-bond donors (Lipinski definition) is 1. The first-order valence-corrected chi connectivity index (χ1v) is 6.95. The monoisotopic (exact) mass is 320 g/mol. The molecule has 0 fully saturated rings. The summed E-state index contributed by atoms with van der Waals surface area (Å²) in [4.78, 5) is 26.7. The van der Waals surface area contributed by atoms with Crippen molar-refractivity contribution in [1.29, 1.82) is 0 Å². The largest absolute Gasteiger partial charge is 0.467 e. The second kappa shape index (κ2) is 8.05. The summed E-state index contributed by atoms with van der Waals surface area (Å²) in [5, 5.41) is 6.03. The number of alkyl carbamates (subject to hydrolysis) is 1. The van der Waals surface area contributed by atoms with E-state index in [1.807, 2.05) is 0 Å². The molecule has 1 aromatic carbocycles. The van der Waals surface area contributed by atoms with Crippen LogP contribution in [0, 0.1) is 0 Å². The predicted molar refractivity (Wildman–Crippen MR) is 83.5 cm³/mol. The van der Waals surface area contributed by atoms with Crippen LogP contribution in [0.15, 0.2) is 35.4 Å². The molecule has 0 bridgehead atoms. The van der Waals surface area contributed by atoms with Crippen molar-refractivity contribution < 1.29 is 19.1 Å². The molecular formula is C15H20N4O4. The van der Waals surface area contributed by atoms with E-state index in [1.165, 1.54) is 7.11 Å². The van der Waals surface area contributed by atoms with Gasteiger partial charge in [0, 0.05) is 4.91 Å². The summed E-state index contributed by atoms with van der Waals surface area (Å²) in [6.07, 6.45) is -0.804. The van der Waals surface area contributed by atoms with Gasteiger partial charge in [0.25, 0.3) is 0 Å².